The van der Waals surface area contributed by atoms with Gasteiger partial charge in [-0.3, -0.25) is 0 Å². The Morgan fingerprint density at radius 1 is 1.08 bits per heavy atom. The molecule has 2 aromatic heterocycles. The van der Waals surface area contributed by atoms with Crippen LogP contribution in [0.4, 0.5) is 11.8 Å². The van der Waals surface area contributed by atoms with Crippen LogP contribution in [0.25, 0.3) is 0 Å². The Morgan fingerprint density at radius 3 is 2.65 bits per heavy atom. The second kappa shape index (κ2) is 7.53. The summed E-state index contributed by atoms with van der Waals surface area (Å²) in [5.74, 6) is 2.25. The average molecular weight is 354 g/mol. The summed E-state index contributed by atoms with van der Waals surface area (Å²) in [6.45, 7) is 8.42. The minimum Gasteiger partial charge on any atom is -0.374 e. The normalized spacial score (nSPS) is 23.5. The maximum atomic E-state index is 6.19. The third-order valence-corrected chi connectivity index (χ3v) is 5.33. The van der Waals surface area contributed by atoms with E-state index in [-0.39, 0.29) is 6.10 Å². The van der Waals surface area contributed by atoms with Crippen LogP contribution in [0.3, 0.4) is 0 Å². The zero-order valence-corrected chi connectivity index (χ0v) is 15.5. The molecule has 26 heavy (non-hydrogen) atoms. The van der Waals surface area contributed by atoms with Crippen molar-refractivity contribution in [3.8, 4) is 0 Å². The van der Waals surface area contributed by atoms with Gasteiger partial charge < -0.3 is 14.5 Å². The molecule has 4 heterocycles. The Hall–Kier alpha value is -2.28. The van der Waals surface area contributed by atoms with E-state index in [1.807, 2.05) is 25.4 Å². The molecule has 0 radical (unpaired) electrons. The Morgan fingerprint density at radius 2 is 1.92 bits per heavy atom. The molecule has 7 heteroatoms. The fourth-order valence-electron chi connectivity index (χ4n) is 3.70. The van der Waals surface area contributed by atoms with E-state index in [2.05, 4.69) is 43.0 Å². The summed E-state index contributed by atoms with van der Waals surface area (Å²) in [6.07, 6.45) is 6.10. The summed E-state index contributed by atoms with van der Waals surface area (Å²) in [4.78, 5) is 13.6. The van der Waals surface area contributed by atoms with Gasteiger partial charge >= 0.3 is 0 Å². The quantitative estimate of drug-likeness (QED) is 0.833. The number of fused-ring (bicyclic) bond motifs is 1. The Bertz CT molecular complexity index is 720. The van der Waals surface area contributed by atoms with Gasteiger partial charge in [-0.2, -0.15) is 5.10 Å². The van der Waals surface area contributed by atoms with E-state index < -0.39 is 0 Å². The third kappa shape index (κ3) is 3.62. The molecule has 2 saturated heterocycles. The lowest BCUT2D eigenvalue weighted by Gasteiger charge is -2.38. The van der Waals surface area contributed by atoms with Crippen LogP contribution in [0.1, 0.15) is 24.6 Å². The van der Waals surface area contributed by atoms with Gasteiger partial charge in [-0.1, -0.05) is 6.92 Å². The first-order valence-electron chi connectivity index (χ1n) is 9.45. The van der Waals surface area contributed by atoms with E-state index in [9.17, 15) is 0 Å². The van der Waals surface area contributed by atoms with E-state index in [0.29, 0.717) is 12.5 Å². The van der Waals surface area contributed by atoms with Crippen LogP contribution in [-0.4, -0.2) is 59.1 Å². The molecule has 2 aliphatic heterocycles. The van der Waals surface area contributed by atoms with Crippen molar-refractivity contribution in [3.05, 3.63) is 35.8 Å². The van der Waals surface area contributed by atoms with Crippen LogP contribution in [0.2, 0.25) is 0 Å². The van der Waals surface area contributed by atoms with Gasteiger partial charge in [0, 0.05) is 44.5 Å². The third-order valence-electron chi connectivity index (χ3n) is 5.33. The van der Waals surface area contributed by atoms with E-state index in [4.69, 9.17) is 4.74 Å². The molecular formula is C19H26N6O. The number of anilines is 2. The Balaban J connectivity index is 1.43. The predicted molar refractivity (Wildman–Crippen MR) is 100 cm³/mol. The lowest BCUT2D eigenvalue weighted by molar-refractivity contribution is 0.0249. The lowest BCUT2D eigenvalue weighted by Crippen LogP contribution is -2.47. The summed E-state index contributed by atoms with van der Waals surface area (Å²) in [5, 5.41) is 8.55. The fourth-order valence-corrected chi connectivity index (χ4v) is 3.70. The van der Waals surface area contributed by atoms with Crippen LogP contribution < -0.4 is 9.80 Å². The minimum atomic E-state index is 0.210. The summed E-state index contributed by atoms with van der Waals surface area (Å²) in [5.41, 5.74) is 2.12. The van der Waals surface area contributed by atoms with Crippen molar-refractivity contribution in [2.45, 2.75) is 32.8 Å². The molecule has 0 aromatic carbocycles. The number of piperidine rings is 1. The number of hydrogen-bond donors (Lipinski definition) is 0. The molecule has 2 aromatic rings. The van der Waals surface area contributed by atoms with Gasteiger partial charge in [0.2, 0.25) is 5.95 Å². The van der Waals surface area contributed by atoms with Gasteiger partial charge in [-0.05, 0) is 37.5 Å². The smallest absolute Gasteiger partial charge is 0.225 e. The zero-order valence-electron chi connectivity index (χ0n) is 15.5. The molecule has 0 N–H and O–H groups in total. The Labute approximate surface area is 154 Å². The first-order chi connectivity index (χ1) is 12.7. The SMILES string of the molecule is CCc1cnc(N2CC[C@@H]3CN(c4ccc(C)nn4)CCO[C@@H]3C2)nc1. The monoisotopic (exact) mass is 354 g/mol. The van der Waals surface area contributed by atoms with Crippen molar-refractivity contribution in [2.24, 2.45) is 5.92 Å². The molecule has 2 atom stereocenters. The molecule has 2 fully saturated rings. The molecule has 138 valence electrons. The van der Waals surface area contributed by atoms with Gasteiger partial charge in [-0.25, -0.2) is 9.97 Å². The summed E-state index contributed by atoms with van der Waals surface area (Å²) in [6, 6.07) is 4.08. The van der Waals surface area contributed by atoms with Gasteiger partial charge in [0.25, 0.3) is 0 Å². The summed E-state index contributed by atoms with van der Waals surface area (Å²) >= 11 is 0. The molecule has 0 bridgehead atoms. The van der Waals surface area contributed by atoms with E-state index in [1.165, 1.54) is 5.56 Å². The highest BCUT2D eigenvalue weighted by Crippen LogP contribution is 2.27. The number of nitrogens with zero attached hydrogens (tertiary/aromatic N) is 6. The van der Waals surface area contributed by atoms with Crippen LogP contribution in [0, 0.1) is 12.8 Å². The highest BCUT2D eigenvalue weighted by atomic mass is 16.5. The highest BCUT2D eigenvalue weighted by molar-refractivity contribution is 5.38. The number of ether oxygens (including phenoxy) is 1. The predicted octanol–water partition coefficient (Wildman–Crippen LogP) is 1.87. The van der Waals surface area contributed by atoms with Crippen molar-refractivity contribution in [2.75, 3.05) is 42.6 Å². The standard InChI is InChI=1S/C19H26N6O/c1-3-15-10-20-19(21-11-15)25-7-6-16-12-24(8-9-26-17(16)13-25)18-5-4-14(2)22-23-18/h4-5,10-11,16-17H,3,6-9,12-13H2,1-2H3/t16-,17-/m1/s1. The van der Waals surface area contributed by atoms with E-state index in [0.717, 1.165) is 56.5 Å². The molecule has 0 amide bonds. The molecule has 2 aliphatic rings. The molecule has 0 spiro atoms. The number of hydrogen-bond acceptors (Lipinski definition) is 7. The number of rotatable bonds is 3. The van der Waals surface area contributed by atoms with Crippen LogP contribution >= 0.6 is 0 Å². The van der Waals surface area contributed by atoms with Gasteiger partial charge in [0.15, 0.2) is 5.82 Å². The molecule has 0 aliphatic carbocycles. The van der Waals surface area contributed by atoms with E-state index in [1.54, 1.807) is 0 Å². The van der Waals surface area contributed by atoms with Crippen molar-refractivity contribution >= 4 is 11.8 Å². The lowest BCUT2D eigenvalue weighted by atomic mass is 9.93. The average Bonchev–Trinajstić information content (AvgIpc) is 2.90. The molecule has 7 nitrogen and oxygen atoms in total. The van der Waals surface area contributed by atoms with Crippen LogP contribution in [-0.2, 0) is 11.2 Å². The summed E-state index contributed by atoms with van der Waals surface area (Å²) in [7, 11) is 0. The second-order valence-corrected chi connectivity index (χ2v) is 7.13. The molecule has 0 unspecified atom stereocenters. The van der Waals surface area contributed by atoms with E-state index >= 15 is 0 Å². The molecule has 0 saturated carbocycles. The number of aryl methyl sites for hydroxylation is 2. The van der Waals surface area contributed by atoms with Crippen LogP contribution in [0.5, 0.6) is 0 Å². The topological polar surface area (TPSA) is 67.3 Å². The van der Waals surface area contributed by atoms with Crippen LogP contribution in [0.15, 0.2) is 24.5 Å². The first kappa shape index (κ1) is 17.1. The largest absolute Gasteiger partial charge is 0.374 e. The van der Waals surface area contributed by atoms with Crippen molar-refractivity contribution in [1.29, 1.82) is 0 Å². The van der Waals surface area contributed by atoms with Crippen molar-refractivity contribution in [3.63, 3.8) is 0 Å². The fraction of sp³-hybridized carbons (Fsp3) is 0.579. The Kier molecular flexibility index (Phi) is 4.97. The van der Waals surface area contributed by atoms with Gasteiger partial charge in [0.1, 0.15) is 0 Å². The minimum absolute atomic E-state index is 0.210. The zero-order chi connectivity index (χ0) is 17.9. The van der Waals surface area contributed by atoms with Crippen molar-refractivity contribution in [1.82, 2.24) is 20.2 Å². The second-order valence-electron chi connectivity index (χ2n) is 7.13. The maximum Gasteiger partial charge on any atom is 0.225 e. The van der Waals surface area contributed by atoms with Gasteiger partial charge in [-0.15, -0.1) is 5.10 Å². The molecule has 4 rings (SSSR count). The van der Waals surface area contributed by atoms with Gasteiger partial charge in [0.05, 0.1) is 18.4 Å². The highest BCUT2D eigenvalue weighted by Gasteiger charge is 2.34. The number of aromatic nitrogens is 4. The summed E-state index contributed by atoms with van der Waals surface area (Å²) < 4.78 is 6.19. The van der Waals surface area contributed by atoms with Crippen molar-refractivity contribution < 1.29 is 4.74 Å². The maximum absolute atomic E-state index is 6.19. The first-order valence-corrected chi connectivity index (χ1v) is 9.45. The molecular weight excluding hydrogens is 328 g/mol.